The van der Waals surface area contributed by atoms with E-state index in [4.69, 9.17) is 4.98 Å². The summed E-state index contributed by atoms with van der Waals surface area (Å²) in [6.45, 7) is 3.71. The molecule has 5 aromatic rings. The van der Waals surface area contributed by atoms with Crippen LogP contribution in [0.3, 0.4) is 0 Å². The molecule has 2 aromatic heterocycles. The van der Waals surface area contributed by atoms with E-state index in [0.29, 0.717) is 12.2 Å². The van der Waals surface area contributed by atoms with Crippen LogP contribution in [-0.2, 0) is 17.8 Å². The first kappa shape index (κ1) is 23.1. The van der Waals surface area contributed by atoms with Gasteiger partial charge in [-0.3, -0.25) is 4.79 Å². The molecule has 1 N–H and O–H groups in total. The first-order valence-electron chi connectivity index (χ1n) is 12.9. The van der Waals surface area contributed by atoms with Gasteiger partial charge in [0.1, 0.15) is 5.82 Å². The van der Waals surface area contributed by atoms with Crippen LogP contribution in [0.1, 0.15) is 44.0 Å². The molecule has 0 unspecified atom stereocenters. The minimum absolute atomic E-state index is 0.202. The number of aromatic nitrogens is 6. The van der Waals surface area contributed by atoms with Gasteiger partial charge in [-0.05, 0) is 52.9 Å². The van der Waals surface area contributed by atoms with E-state index in [-0.39, 0.29) is 5.91 Å². The average molecular weight is 492 g/mol. The maximum atomic E-state index is 12.4. The quantitative estimate of drug-likeness (QED) is 0.314. The van der Waals surface area contributed by atoms with Crippen LogP contribution in [0.2, 0.25) is 0 Å². The van der Waals surface area contributed by atoms with Gasteiger partial charge in [-0.15, -0.1) is 10.2 Å². The van der Waals surface area contributed by atoms with Crippen LogP contribution in [0.25, 0.3) is 33.5 Å². The Hall–Kier alpha value is -4.33. The van der Waals surface area contributed by atoms with E-state index < -0.39 is 0 Å². The number of nitrogens with one attached hydrogen (secondary N) is 1. The second kappa shape index (κ2) is 9.97. The van der Waals surface area contributed by atoms with Crippen molar-refractivity contribution in [2.24, 2.45) is 0 Å². The summed E-state index contributed by atoms with van der Waals surface area (Å²) in [5, 5.41) is 14.6. The smallest absolute Gasteiger partial charge is 0.227 e. The number of rotatable bonds is 8. The molecule has 0 aliphatic carbocycles. The summed E-state index contributed by atoms with van der Waals surface area (Å²) in [6, 6.07) is 22.9. The minimum atomic E-state index is 0.202. The highest BCUT2D eigenvalue weighted by atomic mass is 16.2. The molecule has 1 amide bonds. The van der Waals surface area contributed by atoms with Crippen molar-refractivity contribution in [3.8, 4) is 22.5 Å². The summed E-state index contributed by atoms with van der Waals surface area (Å²) < 4.78 is 2.32. The Bertz CT molecular complexity index is 1540. The molecule has 186 valence electrons. The maximum absolute atomic E-state index is 12.4. The van der Waals surface area contributed by atoms with Gasteiger partial charge in [0.2, 0.25) is 11.7 Å². The van der Waals surface area contributed by atoms with E-state index in [9.17, 15) is 4.79 Å². The van der Waals surface area contributed by atoms with E-state index in [2.05, 4.69) is 74.6 Å². The number of benzene rings is 3. The molecular formula is C29H29N7O. The second-order valence-corrected chi connectivity index (χ2v) is 9.52. The Morgan fingerprint density at radius 2 is 1.84 bits per heavy atom. The van der Waals surface area contributed by atoms with Crippen LogP contribution in [0.15, 0.2) is 66.7 Å². The lowest BCUT2D eigenvalue weighted by Gasteiger charge is -2.16. The molecule has 1 fully saturated rings. The van der Waals surface area contributed by atoms with Crippen molar-refractivity contribution >= 4 is 22.6 Å². The zero-order valence-corrected chi connectivity index (χ0v) is 20.9. The SMILES string of the molecule is CCCCc1nc2ccc(N3CCCC3=O)cc2n1Cc1ccc(-c2ccccc2-c2nn[nH]n2)cc1. The average Bonchev–Trinajstić information content (AvgIpc) is 3.69. The van der Waals surface area contributed by atoms with Gasteiger partial charge < -0.3 is 9.47 Å². The number of amides is 1. The van der Waals surface area contributed by atoms with Gasteiger partial charge in [-0.25, -0.2) is 4.98 Å². The lowest BCUT2D eigenvalue weighted by atomic mass is 9.98. The van der Waals surface area contributed by atoms with Gasteiger partial charge >= 0.3 is 0 Å². The monoisotopic (exact) mass is 491 g/mol. The molecule has 0 saturated carbocycles. The third kappa shape index (κ3) is 4.50. The lowest BCUT2D eigenvalue weighted by Crippen LogP contribution is -2.23. The van der Waals surface area contributed by atoms with Crippen molar-refractivity contribution in [3.05, 3.63) is 78.1 Å². The number of hydrogen-bond donors (Lipinski definition) is 1. The van der Waals surface area contributed by atoms with E-state index in [1.807, 2.05) is 29.2 Å². The molecule has 3 heterocycles. The highest BCUT2D eigenvalue weighted by Gasteiger charge is 2.23. The number of hydrogen-bond acceptors (Lipinski definition) is 5. The fourth-order valence-electron chi connectivity index (χ4n) is 5.13. The highest BCUT2D eigenvalue weighted by molar-refractivity contribution is 5.97. The molecule has 37 heavy (non-hydrogen) atoms. The van der Waals surface area contributed by atoms with Gasteiger partial charge in [0.25, 0.3) is 0 Å². The number of tetrazole rings is 1. The first-order chi connectivity index (χ1) is 18.2. The number of carbonyl (C=O) groups excluding carboxylic acids is 1. The zero-order valence-electron chi connectivity index (χ0n) is 20.9. The maximum Gasteiger partial charge on any atom is 0.227 e. The Morgan fingerprint density at radius 1 is 1.00 bits per heavy atom. The van der Waals surface area contributed by atoms with Crippen molar-refractivity contribution in [2.75, 3.05) is 11.4 Å². The molecule has 8 nitrogen and oxygen atoms in total. The highest BCUT2D eigenvalue weighted by Crippen LogP contribution is 2.31. The number of unbranched alkanes of at least 4 members (excludes halogenated alkanes) is 1. The van der Waals surface area contributed by atoms with Crippen molar-refractivity contribution < 1.29 is 4.79 Å². The van der Waals surface area contributed by atoms with Gasteiger partial charge in [0.05, 0.1) is 11.0 Å². The molecule has 1 aliphatic rings. The zero-order chi connectivity index (χ0) is 25.2. The fourth-order valence-corrected chi connectivity index (χ4v) is 5.13. The van der Waals surface area contributed by atoms with Crippen molar-refractivity contribution in [2.45, 2.75) is 45.6 Å². The summed E-state index contributed by atoms with van der Waals surface area (Å²) in [5.41, 5.74) is 7.32. The van der Waals surface area contributed by atoms with E-state index in [0.717, 1.165) is 78.0 Å². The van der Waals surface area contributed by atoms with Crippen molar-refractivity contribution in [1.29, 1.82) is 0 Å². The Balaban J connectivity index is 1.34. The number of aryl methyl sites for hydroxylation is 1. The van der Waals surface area contributed by atoms with Crippen molar-refractivity contribution in [1.82, 2.24) is 30.2 Å². The van der Waals surface area contributed by atoms with Crippen LogP contribution in [0.5, 0.6) is 0 Å². The molecule has 1 saturated heterocycles. The van der Waals surface area contributed by atoms with Crippen LogP contribution >= 0.6 is 0 Å². The summed E-state index contributed by atoms with van der Waals surface area (Å²) in [4.78, 5) is 19.2. The van der Waals surface area contributed by atoms with Crippen LogP contribution in [0, 0.1) is 0 Å². The van der Waals surface area contributed by atoms with E-state index in [1.165, 1.54) is 5.56 Å². The number of anilines is 1. The lowest BCUT2D eigenvalue weighted by molar-refractivity contribution is -0.117. The number of aromatic amines is 1. The Kier molecular flexibility index (Phi) is 6.22. The van der Waals surface area contributed by atoms with Gasteiger partial charge in [-0.1, -0.05) is 61.9 Å². The number of imidazole rings is 1. The third-order valence-corrected chi connectivity index (χ3v) is 7.07. The molecule has 0 radical (unpaired) electrons. The molecule has 8 heteroatoms. The van der Waals surface area contributed by atoms with Crippen LogP contribution in [0.4, 0.5) is 5.69 Å². The number of nitrogens with zero attached hydrogens (tertiary/aromatic N) is 6. The molecule has 1 aliphatic heterocycles. The summed E-state index contributed by atoms with van der Waals surface area (Å²) in [5.74, 6) is 1.87. The predicted octanol–water partition coefficient (Wildman–Crippen LogP) is 5.40. The molecule has 3 aromatic carbocycles. The number of fused-ring (bicyclic) bond motifs is 1. The summed E-state index contributed by atoms with van der Waals surface area (Å²) in [6.07, 6.45) is 4.68. The van der Waals surface area contributed by atoms with E-state index in [1.54, 1.807) is 0 Å². The molecular weight excluding hydrogens is 462 g/mol. The molecule has 0 spiro atoms. The fraction of sp³-hybridized carbons (Fsp3) is 0.276. The Labute approximate surface area is 215 Å². The van der Waals surface area contributed by atoms with Crippen LogP contribution in [-0.4, -0.2) is 42.6 Å². The predicted molar refractivity (Wildman–Crippen MR) is 144 cm³/mol. The normalized spacial score (nSPS) is 13.6. The summed E-state index contributed by atoms with van der Waals surface area (Å²) >= 11 is 0. The largest absolute Gasteiger partial charge is 0.323 e. The van der Waals surface area contributed by atoms with Crippen LogP contribution < -0.4 is 4.90 Å². The van der Waals surface area contributed by atoms with Crippen molar-refractivity contribution in [3.63, 3.8) is 0 Å². The van der Waals surface area contributed by atoms with Gasteiger partial charge in [0.15, 0.2) is 0 Å². The molecule has 6 rings (SSSR count). The number of carbonyl (C=O) groups is 1. The third-order valence-electron chi connectivity index (χ3n) is 7.07. The topological polar surface area (TPSA) is 92.6 Å². The molecule has 0 bridgehead atoms. The van der Waals surface area contributed by atoms with E-state index >= 15 is 0 Å². The number of H-pyrrole nitrogens is 1. The first-order valence-corrected chi connectivity index (χ1v) is 12.9. The minimum Gasteiger partial charge on any atom is -0.323 e. The standard InChI is InChI=1S/C29H29N7O/c1-2-3-9-27-30-25-16-15-22(35-17-6-10-28(35)37)18-26(25)36(27)19-20-11-13-21(14-12-20)23-7-4-5-8-24(23)29-31-33-34-32-29/h4-5,7-8,11-16,18H,2-3,6,9-10,17,19H2,1H3,(H,31,32,33,34). The van der Waals surface area contributed by atoms with Gasteiger partial charge in [0, 0.05) is 37.2 Å². The second-order valence-electron chi connectivity index (χ2n) is 9.52. The summed E-state index contributed by atoms with van der Waals surface area (Å²) in [7, 11) is 0. The Morgan fingerprint density at radius 3 is 2.57 bits per heavy atom. The van der Waals surface area contributed by atoms with Gasteiger partial charge in [-0.2, -0.15) is 5.21 Å². The molecule has 0 atom stereocenters.